The maximum absolute atomic E-state index is 12.4. The number of esters is 1. The van der Waals surface area contributed by atoms with Gasteiger partial charge in [0.2, 0.25) is 0 Å². The summed E-state index contributed by atoms with van der Waals surface area (Å²) in [5.41, 5.74) is 4.39. The Hall–Kier alpha value is -2.56. The molecule has 0 fully saturated rings. The van der Waals surface area contributed by atoms with E-state index in [-0.39, 0.29) is 18.6 Å². The first-order valence-electron chi connectivity index (χ1n) is 8.93. The first-order valence-corrected chi connectivity index (χ1v) is 8.93. The molecule has 140 valence electrons. The predicted octanol–water partition coefficient (Wildman–Crippen LogP) is 3.72. The summed E-state index contributed by atoms with van der Waals surface area (Å²) in [5.74, 6) is -0.446. The molecule has 0 unspecified atom stereocenters. The molecule has 2 rings (SSSR count). The van der Waals surface area contributed by atoms with Crippen molar-refractivity contribution in [3.63, 3.8) is 0 Å². The number of aryl methyl sites for hydroxylation is 2. The van der Waals surface area contributed by atoms with Crippen molar-refractivity contribution in [3.8, 4) is 5.69 Å². The summed E-state index contributed by atoms with van der Waals surface area (Å²) in [5, 5.41) is 2.83. The van der Waals surface area contributed by atoms with Crippen LogP contribution in [-0.2, 0) is 9.53 Å². The lowest BCUT2D eigenvalue weighted by atomic mass is 10.1. The minimum Gasteiger partial charge on any atom is -0.452 e. The maximum Gasteiger partial charge on any atom is 0.340 e. The number of aromatic nitrogens is 1. The fraction of sp³-hybridized carbons (Fsp3) is 0.429. The molecule has 0 bridgehead atoms. The fourth-order valence-electron chi connectivity index (χ4n) is 2.73. The Labute approximate surface area is 155 Å². The Bertz CT molecular complexity index is 788. The highest BCUT2D eigenvalue weighted by atomic mass is 16.5. The minimum atomic E-state index is -0.483. The molecule has 0 spiro atoms. The average Bonchev–Trinajstić information content (AvgIpc) is 2.88. The molecular weight excluding hydrogens is 328 g/mol. The zero-order chi connectivity index (χ0) is 19.4. The summed E-state index contributed by atoms with van der Waals surface area (Å²) in [6, 6.07) is 9.94. The van der Waals surface area contributed by atoms with Gasteiger partial charge in [-0.15, -0.1) is 0 Å². The van der Waals surface area contributed by atoms with E-state index in [1.54, 1.807) is 6.07 Å². The Morgan fingerprint density at radius 3 is 2.27 bits per heavy atom. The van der Waals surface area contributed by atoms with E-state index >= 15 is 0 Å². The van der Waals surface area contributed by atoms with Gasteiger partial charge in [0.25, 0.3) is 5.91 Å². The SMILES string of the molecule is Cc1ccc(-n2c(C)cc(C(=O)OCC(=O)N[C@H](C)C(C)C)c2C)cc1. The smallest absolute Gasteiger partial charge is 0.340 e. The summed E-state index contributed by atoms with van der Waals surface area (Å²) in [6.07, 6.45) is 0. The lowest BCUT2D eigenvalue weighted by Crippen LogP contribution is -2.38. The molecule has 2 aromatic rings. The van der Waals surface area contributed by atoms with Gasteiger partial charge in [-0.2, -0.15) is 0 Å². The molecule has 0 saturated carbocycles. The minimum absolute atomic E-state index is 0.0350. The Morgan fingerprint density at radius 1 is 1.08 bits per heavy atom. The summed E-state index contributed by atoms with van der Waals surface area (Å²) in [4.78, 5) is 24.3. The predicted molar refractivity (Wildman–Crippen MR) is 103 cm³/mol. The van der Waals surface area contributed by atoms with Gasteiger partial charge >= 0.3 is 5.97 Å². The first-order chi connectivity index (χ1) is 12.2. The molecule has 1 N–H and O–H groups in total. The van der Waals surface area contributed by atoms with Crippen LogP contribution in [0.2, 0.25) is 0 Å². The van der Waals surface area contributed by atoms with Crippen molar-refractivity contribution in [2.24, 2.45) is 5.92 Å². The monoisotopic (exact) mass is 356 g/mol. The third kappa shape index (κ3) is 4.54. The van der Waals surface area contributed by atoms with Crippen LogP contribution in [0.5, 0.6) is 0 Å². The van der Waals surface area contributed by atoms with Crippen LogP contribution in [0.15, 0.2) is 30.3 Å². The molecule has 1 aromatic carbocycles. The molecule has 1 aromatic heterocycles. The zero-order valence-electron chi connectivity index (χ0n) is 16.4. The van der Waals surface area contributed by atoms with Crippen molar-refractivity contribution in [1.29, 1.82) is 0 Å². The number of hydrogen-bond donors (Lipinski definition) is 1. The second kappa shape index (κ2) is 8.21. The summed E-state index contributed by atoms with van der Waals surface area (Å²) >= 11 is 0. The highest BCUT2D eigenvalue weighted by molar-refractivity contribution is 5.93. The molecular formula is C21H28N2O3. The molecule has 0 aliphatic rings. The van der Waals surface area contributed by atoms with Crippen molar-refractivity contribution in [1.82, 2.24) is 9.88 Å². The quantitative estimate of drug-likeness (QED) is 0.803. The van der Waals surface area contributed by atoms with E-state index in [1.807, 2.05) is 70.4 Å². The van der Waals surface area contributed by atoms with Gasteiger partial charge in [-0.1, -0.05) is 31.5 Å². The first kappa shape index (κ1) is 19.8. The lowest BCUT2D eigenvalue weighted by molar-refractivity contribution is -0.125. The van der Waals surface area contributed by atoms with E-state index in [9.17, 15) is 9.59 Å². The number of nitrogens with zero attached hydrogens (tertiary/aromatic N) is 1. The van der Waals surface area contributed by atoms with Gasteiger partial charge in [0.05, 0.1) is 5.56 Å². The number of benzene rings is 1. The van der Waals surface area contributed by atoms with Crippen molar-refractivity contribution in [2.75, 3.05) is 6.61 Å². The van der Waals surface area contributed by atoms with Crippen LogP contribution in [0, 0.1) is 26.7 Å². The topological polar surface area (TPSA) is 60.3 Å². The average molecular weight is 356 g/mol. The standard InChI is InChI=1S/C21H28N2O3/c1-13(2)16(5)22-20(24)12-26-21(25)19-11-15(4)23(17(19)6)18-9-7-14(3)8-10-18/h7-11,13,16H,12H2,1-6H3,(H,22,24)/t16-/m1/s1. The third-order valence-electron chi connectivity index (χ3n) is 4.67. The van der Waals surface area contributed by atoms with E-state index in [2.05, 4.69) is 5.32 Å². The molecule has 5 heteroatoms. The van der Waals surface area contributed by atoms with Crippen LogP contribution in [-0.4, -0.2) is 29.1 Å². The molecule has 0 saturated heterocycles. The van der Waals surface area contributed by atoms with Gasteiger partial charge in [-0.05, 0) is 51.8 Å². The molecule has 1 atom stereocenters. The Balaban J connectivity index is 2.09. The van der Waals surface area contributed by atoms with Gasteiger partial charge in [-0.3, -0.25) is 4.79 Å². The van der Waals surface area contributed by atoms with Crippen LogP contribution in [0.25, 0.3) is 5.69 Å². The highest BCUT2D eigenvalue weighted by Gasteiger charge is 2.19. The summed E-state index contributed by atoms with van der Waals surface area (Å²) in [7, 11) is 0. The van der Waals surface area contributed by atoms with Crippen LogP contribution in [0.3, 0.4) is 0 Å². The molecule has 0 radical (unpaired) electrons. The molecule has 1 heterocycles. The number of amides is 1. The normalized spacial score (nSPS) is 12.1. The van der Waals surface area contributed by atoms with E-state index in [0.29, 0.717) is 11.5 Å². The van der Waals surface area contributed by atoms with E-state index in [1.165, 1.54) is 5.56 Å². The largest absolute Gasteiger partial charge is 0.452 e. The van der Waals surface area contributed by atoms with Gasteiger partial charge < -0.3 is 14.6 Å². The van der Waals surface area contributed by atoms with E-state index in [0.717, 1.165) is 17.1 Å². The van der Waals surface area contributed by atoms with Gasteiger partial charge in [-0.25, -0.2) is 4.79 Å². The van der Waals surface area contributed by atoms with Crippen molar-refractivity contribution < 1.29 is 14.3 Å². The van der Waals surface area contributed by atoms with E-state index < -0.39 is 5.97 Å². The number of nitrogens with one attached hydrogen (secondary N) is 1. The van der Waals surface area contributed by atoms with Gasteiger partial charge in [0.15, 0.2) is 6.61 Å². The second-order valence-electron chi connectivity index (χ2n) is 7.13. The Kier molecular flexibility index (Phi) is 6.24. The number of carbonyl (C=O) groups excluding carboxylic acids is 2. The second-order valence-corrected chi connectivity index (χ2v) is 7.13. The van der Waals surface area contributed by atoms with Crippen LogP contribution >= 0.6 is 0 Å². The van der Waals surface area contributed by atoms with E-state index in [4.69, 9.17) is 4.74 Å². The zero-order valence-corrected chi connectivity index (χ0v) is 16.4. The Morgan fingerprint density at radius 2 is 1.69 bits per heavy atom. The van der Waals surface area contributed by atoms with Crippen molar-refractivity contribution in [2.45, 2.75) is 47.6 Å². The van der Waals surface area contributed by atoms with Crippen molar-refractivity contribution >= 4 is 11.9 Å². The van der Waals surface area contributed by atoms with Crippen LogP contribution < -0.4 is 5.32 Å². The number of ether oxygens (including phenoxy) is 1. The highest BCUT2D eigenvalue weighted by Crippen LogP contribution is 2.21. The molecule has 5 nitrogen and oxygen atoms in total. The van der Waals surface area contributed by atoms with Crippen molar-refractivity contribution in [3.05, 3.63) is 52.8 Å². The number of rotatable bonds is 6. The van der Waals surface area contributed by atoms with Gasteiger partial charge in [0.1, 0.15) is 0 Å². The fourth-order valence-corrected chi connectivity index (χ4v) is 2.73. The number of carbonyl (C=O) groups is 2. The maximum atomic E-state index is 12.4. The number of hydrogen-bond acceptors (Lipinski definition) is 3. The van der Waals surface area contributed by atoms with Crippen LogP contribution in [0.4, 0.5) is 0 Å². The summed E-state index contributed by atoms with van der Waals surface area (Å²) < 4.78 is 7.22. The molecule has 26 heavy (non-hydrogen) atoms. The van der Waals surface area contributed by atoms with Gasteiger partial charge in [0, 0.05) is 23.1 Å². The lowest BCUT2D eigenvalue weighted by Gasteiger charge is -2.17. The summed E-state index contributed by atoms with van der Waals surface area (Å²) in [6.45, 7) is 11.6. The third-order valence-corrected chi connectivity index (χ3v) is 4.67. The molecule has 1 amide bonds. The molecule has 0 aliphatic carbocycles. The van der Waals surface area contributed by atoms with Crippen LogP contribution in [0.1, 0.15) is 48.1 Å². The molecule has 0 aliphatic heterocycles.